The number of thiazole rings is 1. The lowest BCUT2D eigenvalue weighted by Crippen LogP contribution is -2.35. The van der Waals surface area contributed by atoms with E-state index in [1.54, 1.807) is 11.8 Å². The molecule has 1 amide bonds. The number of aryl methyl sites for hydroxylation is 2. The first-order valence-corrected chi connectivity index (χ1v) is 7.08. The van der Waals surface area contributed by atoms with Crippen molar-refractivity contribution in [2.24, 2.45) is 0 Å². The molecule has 19 heavy (non-hydrogen) atoms. The second-order valence-electron chi connectivity index (χ2n) is 4.66. The smallest absolute Gasteiger partial charge is 0.305 e. The zero-order valence-electron chi connectivity index (χ0n) is 10.6. The molecule has 98 valence electrons. The number of aromatic nitrogens is 1. The number of amides is 1. The third-order valence-electron chi connectivity index (χ3n) is 3.37. The zero-order chi connectivity index (χ0) is 13.4. The average Bonchev–Trinajstić information content (AvgIpc) is 2.76. The minimum absolute atomic E-state index is 0.0759. The molecule has 2 aromatic rings. The van der Waals surface area contributed by atoms with Crippen LogP contribution in [-0.2, 0) is 6.42 Å². The number of hydrogen-bond acceptors (Lipinski definition) is 3. The molecule has 0 fully saturated rings. The Hall–Kier alpha value is -1.88. The number of benzene rings is 1. The van der Waals surface area contributed by atoms with Gasteiger partial charge in [0.25, 0.3) is 5.91 Å². The van der Waals surface area contributed by atoms with Crippen molar-refractivity contribution in [2.45, 2.75) is 19.8 Å². The number of anilines is 1. The van der Waals surface area contributed by atoms with E-state index in [0.29, 0.717) is 17.1 Å². The summed E-state index contributed by atoms with van der Waals surface area (Å²) in [7, 11) is 0. The summed E-state index contributed by atoms with van der Waals surface area (Å²) in [4.78, 5) is 28.7. The van der Waals surface area contributed by atoms with Gasteiger partial charge in [-0.2, -0.15) is 0 Å². The standard InChI is InChI=1S/C14H14N2O2S/c1-9-12(19-14(18)15-9)13(17)16-8-4-6-10-5-2-3-7-11(10)16/h2-3,5,7H,4,6,8H2,1H3,(H,15,18). The van der Waals surface area contributed by atoms with Gasteiger partial charge in [-0.25, -0.2) is 0 Å². The van der Waals surface area contributed by atoms with Crippen molar-refractivity contribution in [2.75, 3.05) is 11.4 Å². The number of para-hydroxylation sites is 1. The van der Waals surface area contributed by atoms with Crippen LogP contribution in [0.1, 0.15) is 27.3 Å². The van der Waals surface area contributed by atoms with Crippen LogP contribution in [0.25, 0.3) is 0 Å². The molecule has 4 nitrogen and oxygen atoms in total. The summed E-state index contributed by atoms with van der Waals surface area (Å²) in [5.41, 5.74) is 2.82. The molecule has 1 aromatic heterocycles. The van der Waals surface area contributed by atoms with Crippen molar-refractivity contribution < 1.29 is 4.79 Å². The topological polar surface area (TPSA) is 53.2 Å². The predicted molar refractivity (Wildman–Crippen MR) is 76.1 cm³/mol. The molecule has 1 N–H and O–H groups in total. The lowest BCUT2D eigenvalue weighted by Gasteiger charge is -2.29. The highest BCUT2D eigenvalue weighted by atomic mass is 32.1. The van der Waals surface area contributed by atoms with Crippen LogP contribution >= 0.6 is 11.3 Å². The highest BCUT2D eigenvalue weighted by Gasteiger charge is 2.25. The second-order valence-corrected chi connectivity index (χ2v) is 5.64. The van der Waals surface area contributed by atoms with Crippen LogP contribution in [0.4, 0.5) is 5.69 Å². The van der Waals surface area contributed by atoms with Crippen molar-refractivity contribution in [1.29, 1.82) is 0 Å². The molecule has 0 saturated carbocycles. The van der Waals surface area contributed by atoms with Crippen LogP contribution in [0.3, 0.4) is 0 Å². The van der Waals surface area contributed by atoms with Crippen molar-refractivity contribution in [3.63, 3.8) is 0 Å². The number of rotatable bonds is 1. The fourth-order valence-electron chi connectivity index (χ4n) is 2.48. The maximum Gasteiger partial charge on any atom is 0.305 e. The highest BCUT2D eigenvalue weighted by molar-refractivity contribution is 7.11. The number of hydrogen-bond donors (Lipinski definition) is 1. The van der Waals surface area contributed by atoms with E-state index >= 15 is 0 Å². The Morgan fingerprint density at radius 1 is 1.37 bits per heavy atom. The Morgan fingerprint density at radius 2 is 2.16 bits per heavy atom. The first-order chi connectivity index (χ1) is 9.16. The second kappa shape index (κ2) is 4.66. The molecule has 2 heterocycles. The van der Waals surface area contributed by atoms with Gasteiger partial charge in [0, 0.05) is 17.9 Å². The maximum absolute atomic E-state index is 12.6. The zero-order valence-corrected chi connectivity index (χ0v) is 11.4. The van der Waals surface area contributed by atoms with Crippen molar-refractivity contribution in [3.8, 4) is 0 Å². The molecule has 0 radical (unpaired) electrons. The van der Waals surface area contributed by atoms with Gasteiger partial charge in [0.05, 0.1) is 0 Å². The van der Waals surface area contributed by atoms with Gasteiger partial charge in [-0.1, -0.05) is 29.5 Å². The molecule has 0 bridgehead atoms. The van der Waals surface area contributed by atoms with Crippen LogP contribution < -0.4 is 9.77 Å². The summed E-state index contributed by atoms with van der Waals surface area (Å²) in [6.07, 6.45) is 1.96. The molecule has 0 atom stereocenters. The van der Waals surface area contributed by atoms with E-state index in [-0.39, 0.29) is 10.8 Å². The van der Waals surface area contributed by atoms with Gasteiger partial charge in [0.15, 0.2) is 0 Å². The molecule has 5 heteroatoms. The first kappa shape index (κ1) is 12.2. The first-order valence-electron chi connectivity index (χ1n) is 6.26. The van der Waals surface area contributed by atoms with E-state index in [2.05, 4.69) is 11.1 Å². The third kappa shape index (κ3) is 2.10. The molecule has 0 aliphatic carbocycles. The Balaban J connectivity index is 2.02. The monoisotopic (exact) mass is 274 g/mol. The van der Waals surface area contributed by atoms with Gasteiger partial charge >= 0.3 is 4.87 Å². The average molecular weight is 274 g/mol. The van der Waals surface area contributed by atoms with Crippen LogP contribution in [0.2, 0.25) is 0 Å². The summed E-state index contributed by atoms with van der Waals surface area (Å²) in [5, 5.41) is 0. The van der Waals surface area contributed by atoms with Gasteiger partial charge in [0.2, 0.25) is 0 Å². The van der Waals surface area contributed by atoms with Crippen LogP contribution in [0.5, 0.6) is 0 Å². The molecule has 0 saturated heterocycles. The summed E-state index contributed by atoms with van der Waals surface area (Å²) in [6, 6.07) is 7.96. The fraction of sp³-hybridized carbons (Fsp3) is 0.286. The van der Waals surface area contributed by atoms with Gasteiger partial charge in [-0.05, 0) is 31.4 Å². The number of H-pyrrole nitrogens is 1. The lowest BCUT2D eigenvalue weighted by molar-refractivity contribution is 0.0988. The van der Waals surface area contributed by atoms with Gasteiger partial charge in [0.1, 0.15) is 4.88 Å². The largest absolute Gasteiger partial charge is 0.316 e. The number of nitrogens with one attached hydrogen (secondary N) is 1. The van der Waals surface area contributed by atoms with Crippen molar-refractivity contribution in [1.82, 2.24) is 4.98 Å². The number of carbonyl (C=O) groups excluding carboxylic acids is 1. The minimum atomic E-state index is -0.175. The third-order valence-corrected chi connectivity index (χ3v) is 4.35. The number of nitrogens with zero attached hydrogens (tertiary/aromatic N) is 1. The summed E-state index contributed by atoms with van der Waals surface area (Å²) < 4.78 is 0. The Labute approximate surface area is 114 Å². The van der Waals surface area contributed by atoms with Gasteiger partial charge in [-0.3, -0.25) is 9.59 Å². The highest BCUT2D eigenvalue weighted by Crippen LogP contribution is 2.28. The summed E-state index contributed by atoms with van der Waals surface area (Å²) in [5.74, 6) is -0.0759. The van der Waals surface area contributed by atoms with Gasteiger partial charge in [-0.15, -0.1) is 0 Å². The Bertz CT molecular complexity index is 687. The van der Waals surface area contributed by atoms with E-state index in [9.17, 15) is 9.59 Å². The Kier molecular flexibility index (Phi) is 2.98. The van der Waals surface area contributed by atoms with E-state index in [0.717, 1.165) is 29.9 Å². The molecule has 0 spiro atoms. The molecular formula is C14H14N2O2S. The molecular weight excluding hydrogens is 260 g/mol. The van der Waals surface area contributed by atoms with E-state index in [1.165, 1.54) is 5.56 Å². The number of fused-ring (bicyclic) bond motifs is 1. The van der Waals surface area contributed by atoms with Crippen molar-refractivity contribution in [3.05, 3.63) is 50.1 Å². The lowest BCUT2D eigenvalue weighted by atomic mass is 10.0. The van der Waals surface area contributed by atoms with Crippen LogP contribution in [0.15, 0.2) is 29.1 Å². The normalized spacial score (nSPS) is 14.3. The minimum Gasteiger partial charge on any atom is -0.316 e. The summed E-state index contributed by atoms with van der Waals surface area (Å²) >= 11 is 0.988. The van der Waals surface area contributed by atoms with Gasteiger partial charge < -0.3 is 9.88 Å². The molecule has 1 aliphatic heterocycles. The van der Waals surface area contributed by atoms with E-state index < -0.39 is 0 Å². The molecule has 1 aromatic carbocycles. The maximum atomic E-state index is 12.6. The van der Waals surface area contributed by atoms with E-state index in [4.69, 9.17) is 0 Å². The van der Waals surface area contributed by atoms with Crippen molar-refractivity contribution >= 4 is 22.9 Å². The Morgan fingerprint density at radius 3 is 2.89 bits per heavy atom. The molecule has 3 rings (SSSR count). The van der Waals surface area contributed by atoms with Crippen LogP contribution in [-0.4, -0.2) is 17.4 Å². The SMILES string of the molecule is Cc1[nH]c(=O)sc1C(=O)N1CCCc2ccccc21. The van der Waals surface area contributed by atoms with E-state index in [1.807, 2.05) is 18.2 Å². The quantitative estimate of drug-likeness (QED) is 0.867. The molecule has 0 unspecified atom stereocenters. The summed E-state index contributed by atoms with van der Waals surface area (Å²) in [6.45, 7) is 2.47. The predicted octanol–water partition coefficient (Wildman–Crippen LogP) is 2.34. The fourth-order valence-corrected chi connectivity index (χ4v) is 3.27. The number of aromatic amines is 1. The molecule has 1 aliphatic rings. The number of carbonyl (C=O) groups is 1. The van der Waals surface area contributed by atoms with Crippen LogP contribution in [0, 0.1) is 6.92 Å².